The largest absolute Gasteiger partial charge is 0.465 e. The van der Waals surface area contributed by atoms with Gasteiger partial charge in [0.05, 0.1) is 13.2 Å². The van der Waals surface area contributed by atoms with Crippen molar-refractivity contribution in [3.63, 3.8) is 0 Å². The molecule has 0 saturated carbocycles. The lowest BCUT2D eigenvalue weighted by atomic mass is 9.82. The molecule has 0 aliphatic carbocycles. The van der Waals surface area contributed by atoms with E-state index in [0.29, 0.717) is 19.6 Å². The molecule has 4 heteroatoms. The van der Waals surface area contributed by atoms with E-state index in [4.69, 9.17) is 9.47 Å². The van der Waals surface area contributed by atoms with Crippen LogP contribution in [0.2, 0.25) is 0 Å². The fraction of sp³-hybridized carbons (Fsp3) is 0.843. The minimum Gasteiger partial charge on any atom is -0.465 e. The summed E-state index contributed by atoms with van der Waals surface area (Å²) in [5.74, 6) is -1.79. The fourth-order valence-electron chi connectivity index (χ4n) is 7.95. The molecule has 55 heavy (non-hydrogen) atoms. The summed E-state index contributed by atoms with van der Waals surface area (Å²) in [6.07, 6.45) is 42.2. The first-order valence-electron chi connectivity index (χ1n) is 24.1. The average Bonchev–Trinajstić information content (AvgIpc) is 3.16. The number of benzene rings is 1. The van der Waals surface area contributed by atoms with E-state index in [1.807, 2.05) is 6.07 Å². The number of aryl methyl sites for hydroxylation is 1. The first-order chi connectivity index (χ1) is 26.7. The van der Waals surface area contributed by atoms with Gasteiger partial charge in [0.15, 0.2) is 5.92 Å². The molecule has 0 fully saturated rings. The second kappa shape index (κ2) is 35.3. The van der Waals surface area contributed by atoms with E-state index in [2.05, 4.69) is 53.7 Å². The van der Waals surface area contributed by atoms with Gasteiger partial charge >= 0.3 is 11.9 Å². The number of hydrogen-bond acceptors (Lipinski definition) is 4. The summed E-state index contributed by atoms with van der Waals surface area (Å²) in [6.45, 7) is 14.1. The second-order valence-corrected chi connectivity index (χ2v) is 18.1. The van der Waals surface area contributed by atoms with Crippen molar-refractivity contribution in [1.82, 2.24) is 0 Å². The highest BCUT2D eigenvalue weighted by Crippen LogP contribution is 2.28. The number of esters is 2. The summed E-state index contributed by atoms with van der Waals surface area (Å²) in [5.41, 5.74) is 3.44. The first kappa shape index (κ1) is 51.2. The van der Waals surface area contributed by atoms with Gasteiger partial charge in [0, 0.05) is 0 Å². The molecule has 0 aliphatic heterocycles. The zero-order valence-corrected chi connectivity index (χ0v) is 37.7. The minimum absolute atomic E-state index is 0.0168. The number of unbranched alkanes of at least 4 members (excludes halogenated alkanes) is 30. The van der Waals surface area contributed by atoms with Crippen LogP contribution in [0.3, 0.4) is 0 Å². The van der Waals surface area contributed by atoms with Gasteiger partial charge in [0.25, 0.3) is 0 Å². The highest BCUT2D eigenvalue weighted by Gasteiger charge is 2.31. The third kappa shape index (κ3) is 29.1. The lowest BCUT2D eigenvalue weighted by Crippen LogP contribution is -2.30. The zero-order chi connectivity index (χ0) is 40.2. The molecule has 1 aromatic carbocycles. The Morgan fingerprint density at radius 1 is 0.473 bits per heavy atom. The van der Waals surface area contributed by atoms with E-state index in [-0.39, 0.29) is 5.41 Å². The van der Waals surface area contributed by atoms with Crippen molar-refractivity contribution >= 4 is 11.9 Å². The van der Waals surface area contributed by atoms with Crippen molar-refractivity contribution in [2.24, 2.45) is 5.92 Å². The maximum absolute atomic E-state index is 13.4. The van der Waals surface area contributed by atoms with Gasteiger partial charge in [0.1, 0.15) is 0 Å². The molecular formula is C51H92O4. The number of rotatable bonds is 38. The van der Waals surface area contributed by atoms with Crippen LogP contribution in [0.1, 0.15) is 257 Å². The van der Waals surface area contributed by atoms with E-state index >= 15 is 0 Å². The molecule has 0 amide bonds. The van der Waals surface area contributed by atoms with Crippen LogP contribution in [0.4, 0.5) is 0 Å². The number of hydrogen-bond donors (Lipinski definition) is 0. The highest BCUT2D eigenvalue weighted by molar-refractivity contribution is 5.95. The summed E-state index contributed by atoms with van der Waals surface area (Å²) in [4.78, 5) is 26.7. The van der Waals surface area contributed by atoms with Gasteiger partial charge in [-0.1, -0.05) is 245 Å². The fourth-order valence-corrected chi connectivity index (χ4v) is 7.95. The van der Waals surface area contributed by atoms with Gasteiger partial charge in [-0.15, -0.1) is 0 Å². The van der Waals surface area contributed by atoms with Crippen molar-refractivity contribution in [3.8, 4) is 0 Å². The number of carbonyl (C=O) groups excluding carboxylic acids is 2. The Morgan fingerprint density at radius 3 is 1.05 bits per heavy atom. The van der Waals surface area contributed by atoms with Crippen LogP contribution in [0.15, 0.2) is 18.2 Å². The second-order valence-electron chi connectivity index (χ2n) is 18.1. The van der Waals surface area contributed by atoms with Gasteiger partial charge in [-0.3, -0.25) is 9.59 Å². The van der Waals surface area contributed by atoms with Crippen LogP contribution in [-0.4, -0.2) is 25.2 Å². The van der Waals surface area contributed by atoms with Gasteiger partial charge in [-0.05, 0) is 48.3 Å². The summed E-state index contributed by atoms with van der Waals surface area (Å²) in [7, 11) is 0. The van der Waals surface area contributed by atoms with Gasteiger partial charge < -0.3 is 9.47 Å². The molecule has 0 atom stereocenters. The normalized spacial score (nSPS) is 11.8. The maximum atomic E-state index is 13.4. The van der Waals surface area contributed by atoms with Crippen LogP contribution in [0.25, 0.3) is 0 Å². The molecule has 0 radical (unpaired) electrons. The third-order valence-electron chi connectivity index (χ3n) is 11.6. The van der Waals surface area contributed by atoms with Gasteiger partial charge in [0.2, 0.25) is 0 Å². The van der Waals surface area contributed by atoms with Crippen molar-refractivity contribution in [1.29, 1.82) is 0 Å². The predicted octanol–water partition coefficient (Wildman–Crippen LogP) is 16.1. The molecule has 0 spiro atoms. The van der Waals surface area contributed by atoms with E-state index < -0.39 is 17.9 Å². The molecule has 0 N–H and O–H groups in total. The molecule has 1 aromatic rings. The Balaban J connectivity index is 2.32. The Hall–Kier alpha value is -1.84. The first-order valence-corrected chi connectivity index (χ1v) is 24.1. The number of ether oxygens (including phenoxy) is 2. The van der Waals surface area contributed by atoms with Crippen molar-refractivity contribution in [3.05, 3.63) is 34.9 Å². The van der Waals surface area contributed by atoms with E-state index in [0.717, 1.165) is 31.2 Å². The van der Waals surface area contributed by atoms with Crippen LogP contribution in [0.5, 0.6) is 0 Å². The monoisotopic (exact) mass is 769 g/mol. The standard InChI is InChI=1S/C51H92O4/c1-7-9-11-13-15-17-19-21-23-25-27-29-31-33-35-37-41-54-49(52)47(43-46-40-39-45(3)48(44-46)51(4,5)6)50(53)55-42-38-36-34-32-30-28-26-24-22-20-18-16-14-12-10-8-2/h39-40,44,47H,7-38,41-43H2,1-6H3. The van der Waals surface area contributed by atoms with E-state index in [9.17, 15) is 9.59 Å². The third-order valence-corrected chi connectivity index (χ3v) is 11.6. The molecular weight excluding hydrogens is 677 g/mol. The topological polar surface area (TPSA) is 52.6 Å². The smallest absolute Gasteiger partial charge is 0.320 e. The molecule has 0 heterocycles. The van der Waals surface area contributed by atoms with Crippen molar-refractivity contribution < 1.29 is 19.1 Å². The van der Waals surface area contributed by atoms with Crippen LogP contribution in [0, 0.1) is 12.8 Å². The van der Waals surface area contributed by atoms with Crippen LogP contribution >= 0.6 is 0 Å². The SMILES string of the molecule is CCCCCCCCCCCCCCCCCCOC(=O)C(Cc1ccc(C)c(C(C)(C)C)c1)C(=O)OCCCCCCCCCCCCCCCCCC. The molecule has 4 nitrogen and oxygen atoms in total. The molecule has 0 aromatic heterocycles. The summed E-state index contributed by atoms with van der Waals surface area (Å²) in [5, 5.41) is 0. The minimum atomic E-state index is -0.919. The summed E-state index contributed by atoms with van der Waals surface area (Å²) < 4.78 is 11.5. The average molecular weight is 769 g/mol. The lowest BCUT2D eigenvalue weighted by molar-refractivity contribution is -0.162. The van der Waals surface area contributed by atoms with E-state index in [1.54, 1.807) is 0 Å². The lowest BCUT2D eigenvalue weighted by Gasteiger charge is -2.23. The van der Waals surface area contributed by atoms with Gasteiger partial charge in [-0.25, -0.2) is 0 Å². The molecule has 320 valence electrons. The quantitative estimate of drug-likeness (QED) is 0.0382. The Bertz CT molecular complexity index is 990. The number of carbonyl (C=O) groups is 2. The van der Waals surface area contributed by atoms with Gasteiger partial charge in [-0.2, -0.15) is 0 Å². The Kier molecular flexibility index (Phi) is 32.9. The molecule has 0 unspecified atom stereocenters. The molecule has 0 aliphatic rings. The van der Waals surface area contributed by atoms with Crippen LogP contribution < -0.4 is 0 Å². The van der Waals surface area contributed by atoms with E-state index in [1.165, 1.54) is 191 Å². The van der Waals surface area contributed by atoms with Crippen molar-refractivity contribution in [2.45, 2.75) is 259 Å². The summed E-state index contributed by atoms with van der Waals surface area (Å²) in [6, 6.07) is 6.31. The summed E-state index contributed by atoms with van der Waals surface area (Å²) >= 11 is 0. The maximum Gasteiger partial charge on any atom is 0.320 e. The molecule has 0 saturated heterocycles. The van der Waals surface area contributed by atoms with Crippen molar-refractivity contribution in [2.75, 3.05) is 13.2 Å². The highest BCUT2D eigenvalue weighted by atomic mass is 16.6. The van der Waals surface area contributed by atoms with Crippen LogP contribution in [-0.2, 0) is 30.9 Å². The Labute approximate surface area is 342 Å². The molecule has 1 rings (SSSR count). The predicted molar refractivity (Wildman–Crippen MR) is 238 cm³/mol. The molecule has 0 bridgehead atoms. The zero-order valence-electron chi connectivity index (χ0n) is 37.7. The Morgan fingerprint density at radius 2 is 0.764 bits per heavy atom.